The molecule has 0 fully saturated rings. The van der Waals surface area contributed by atoms with E-state index in [2.05, 4.69) is 5.32 Å². The molecule has 0 spiro atoms. The Morgan fingerprint density at radius 2 is 1.78 bits per heavy atom. The Bertz CT molecular complexity index is 960. The van der Waals surface area contributed by atoms with Gasteiger partial charge in [-0.15, -0.1) is 0 Å². The lowest BCUT2D eigenvalue weighted by Crippen LogP contribution is -2.30. The van der Waals surface area contributed by atoms with Crippen molar-refractivity contribution in [3.63, 3.8) is 0 Å². The van der Waals surface area contributed by atoms with Crippen LogP contribution in [0.2, 0.25) is 5.02 Å². The van der Waals surface area contributed by atoms with E-state index in [1.165, 1.54) is 51.4 Å². The highest BCUT2D eigenvalue weighted by Crippen LogP contribution is 2.19. The molecule has 0 bridgehead atoms. The lowest BCUT2D eigenvalue weighted by molar-refractivity contribution is -0.123. The number of halogens is 1. The number of nitrogens with one attached hydrogen (secondary N) is 1. The van der Waals surface area contributed by atoms with Gasteiger partial charge in [0.2, 0.25) is 10.0 Å². The lowest BCUT2D eigenvalue weighted by Gasteiger charge is -2.15. The maximum Gasteiger partial charge on any atom is 0.340 e. The van der Waals surface area contributed by atoms with Crippen LogP contribution in [-0.4, -0.2) is 44.8 Å². The molecule has 2 aromatic rings. The fraction of sp³-hybridized carbons (Fsp3) is 0.222. The molecule has 27 heavy (non-hydrogen) atoms. The van der Waals surface area contributed by atoms with Gasteiger partial charge in [-0.2, -0.15) is 0 Å². The Balaban J connectivity index is 2.09. The normalized spacial score (nSPS) is 12.5. The van der Waals surface area contributed by atoms with Gasteiger partial charge >= 0.3 is 5.97 Å². The first-order valence-corrected chi connectivity index (χ1v) is 9.73. The quantitative estimate of drug-likeness (QED) is 0.739. The predicted octanol–water partition coefficient (Wildman–Crippen LogP) is 2.77. The summed E-state index contributed by atoms with van der Waals surface area (Å²) in [6.45, 7) is 1.41. The van der Waals surface area contributed by atoms with Crippen molar-refractivity contribution >= 4 is 39.2 Å². The van der Waals surface area contributed by atoms with Crippen LogP contribution in [0, 0.1) is 0 Å². The number of hydrogen-bond donors (Lipinski definition) is 1. The molecule has 7 nitrogen and oxygen atoms in total. The van der Waals surface area contributed by atoms with Crippen molar-refractivity contribution in [1.29, 1.82) is 0 Å². The van der Waals surface area contributed by atoms with E-state index < -0.39 is 28.0 Å². The van der Waals surface area contributed by atoms with Gasteiger partial charge in [0.15, 0.2) is 6.10 Å². The first kappa shape index (κ1) is 20.9. The molecule has 0 aliphatic heterocycles. The Kier molecular flexibility index (Phi) is 6.59. The highest BCUT2D eigenvalue weighted by Gasteiger charge is 2.22. The third kappa shape index (κ3) is 5.06. The summed E-state index contributed by atoms with van der Waals surface area (Å²) in [6, 6.07) is 12.1. The topological polar surface area (TPSA) is 92.8 Å². The Morgan fingerprint density at radius 1 is 1.11 bits per heavy atom. The van der Waals surface area contributed by atoms with Crippen molar-refractivity contribution in [3.8, 4) is 0 Å². The van der Waals surface area contributed by atoms with Gasteiger partial charge in [0.25, 0.3) is 5.91 Å². The minimum atomic E-state index is -3.63. The zero-order valence-corrected chi connectivity index (χ0v) is 16.5. The molecular weight excluding hydrogens is 392 g/mol. The minimum Gasteiger partial charge on any atom is -0.449 e. The number of amides is 1. The molecule has 0 aromatic heterocycles. The molecule has 1 atom stereocenters. The van der Waals surface area contributed by atoms with Gasteiger partial charge in [-0.05, 0) is 37.3 Å². The van der Waals surface area contributed by atoms with Gasteiger partial charge in [-0.25, -0.2) is 17.5 Å². The van der Waals surface area contributed by atoms with Crippen molar-refractivity contribution in [2.24, 2.45) is 0 Å². The monoisotopic (exact) mass is 410 g/mol. The average molecular weight is 411 g/mol. The van der Waals surface area contributed by atoms with E-state index in [9.17, 15) is 18.0 Å². The number of sulfonamides is 1. The average Bonchev–Trinajstić information content (AvgIpc) is 2.62. The van der Waals surface area contributed by atoms with Gasteiger partial charge in [0.1, 0.15) is 0 Å². The molecule has 2 rings (SSSR count). The number of nitrogens with zero attached hydrogens (tertiary/aromatic N) is 1. The number of rotatable bonds is 6. The molecular formula is C18H19ClN2O5S. The Labute approximate surface area is 162 Å². The molecule has 9 heteroatoms. The van der Waals surface area contributed by atoms with Crippen LogP contribution in [-0.2, 0) is 19.6 Å². The second-order valence-corrected chi connectivity index (χ2v) is 8.39. The number of benzene rings is 2. The summed E-state index contributed by atoms with van der Waals surface area (Å²) in [4.78, 5) is 24.4. The fourth-order valence-corrected chi connectivity index (χ4v) is 3.25. The molecule has 0 aliphatic carbocycles. The third-order valence-corrected chi connectivity index (χ3v) is 5.77. The van der Waals surface area contributed by atoms with E-state index in [1.54, 1.807) is 18.2 Å². The largest absolute Gasteiger partial charge is 0.449 e. The summed E-state index contributed by atoms with van der Waals surface area (Å²) < 4.78 is 30.5. The van der Waals surface area contributed by atoms with Crippen molar-refractivity contribution in [2.45, 2.75) is 17.9 Å². The van der Waals surface area contributed by atoms with Gasteiger partial charge in [-0.1, -0.05) is 29.8 Å². The van der Waals surface area contributed by atoms with Gasteiger partial charge < -0.3 is 10.1 Å². The van der Waals surface area contributed by atoms with E-state index in [-0.39, 0.29) is 21.2 Å². The van der Waals surface area contributed by atoms with Gasteiger partial charge in [-0.3, -0.25) is 4.79 Å². The summed E-state index contributed by atoms with van der Waals surface area (Å²) in [5.41, 5.74) is 0.418. The highest BCUT2D eigenvalue weighted by molar-refractivity contribution is 7.89. The summed E-state index contributed by atoms with van der Waals surface area (Å²) in [6.07, 6.45) is -1.11. The van der Waals surface area contributed by atoms with Crippen LogP contribution in [0.4, 0.5) is 5.69 Å². The first-order valence-electron chi connectivity index (χ1n) is 7.92. The van der Waals surface area contributed by atoms with Crippen molar-refractivity contribution in [2.75, 3.05) is 19.4 Å². The van der Waals surface area contributed by atoms with Gasteiger partial charge in [0, 0.05) is 19.8 Å². The maximum atomic E-state index is 12.3. The second-order valence-electron chi connectivity index (χ2n) is 5.83. The molecule has 144 valence electrons. The highest BCUT2D eigenvalue weighted by atomic mass is 35.5. The van der Waals surface area contributed by atoms with Crippen molar-refractivity contribution < 1.29 is 22.7 Å². The van der Waals surface area contributed by atoms with Crippen LogP contribution in [0.5, 0.6) is 0 Å². The van der Waals surface area contributed by atoms with Crippen LogP contribution in [0.25, 0.3) is 0 Å². The van der Waals surface area contributed by atoms with Crippen molar-refractivity contribution in [3.05, 3.63) is 59.1 Å². The fourth-order valence-electron chi connectivity index (χ4n) is 2.09. The summed E-state index contributed by atoms with van der Waals surface area (Å²) in [5, 5.41) is 2.75. The molecule has 2 aromatic carbocycles. The van der Waals surface area contributed by atoms with Crippen LogP contribution in [0.15, 0.2) is 53.4 Å². The molecule has 0 saturated heterocycles. The Morgan fingerprint density at radius 3 is 2.41 bits per heavy atom. The third-order valence-electron chi connectivity index (χ3n) is 3.63. The SMILES string of the molecule is C[C@H](OC(=O)c1ccccc1Cl)C(=O)Nc1cccc(S(=O)(=O)N(C)C)c1. The van der Waals surface area contributed by atoms with E-state index in [1.807, 2.05) is 0 Å². The molecule has 0 saturated carbocycles. The number of esters is 1. The van der Waals surface area contributed by atoms with Crippen LogP contribution in [0.3, 0.4) is 0 Å². The van der Waals surface area contributed by atoms with Crippen LogP contribution < -0.4 is 5.32 Å². The Hall–Kier alpha value is -2.42. The standard InChI is InChI=1S/C18H19ClN2O5S/c1-12(26-18(23)15-9-4-5-10-16(15)19)17(22)20-13-7-6-8-14(11-13)27(24,25)21(2)3/h4-12H,1-3H3,(H,20,22)/t12-/m0/s1. The molecule has 1 amide bonds. The van der Waals surface area contributed by atoms with E-state index in [4.69, 9.17) is 16.3 Å². The summed E-state index contributed by atoms with van der Waals surface area (Å²) >= 11 is 5.94. The van der Waals surface area contributed by atoms with E-state index in [0.717, 1.165) is 4.31 Å². The second kappa shape index (κ2) is 8.51. The van der Waals surface area contributed by atoms with Crippen LogP contribution in [0.1, 0.15) is 17.3 Å². The number of anilines is 1. The number of carbonyl (C=O) groups excluding carboxylic acids is 2. The summed E-state index contributed by atoms with van der Waals surface area (Å²) in [7, 11) is -0.806. The smallest absolute Gasteiger partial charge is 0.340 e. The minimum absolute atomic E-state index is 0.0333. The summed E-state index contributed by atoms with van der Waals surface area (Å²) in [5.74, 6) is -1.33. The number of hydrogen-bond acceptors (Lipinski definition) is 5. The maximum absolute atomic E-state index is 12.3. The predicted molar refractivity (Wildman–Crippen MR) is 102 cm³/mol. The molecule has 0 unspecified atom stereocenters. The van der Waals surface area contributed by atoms with Crippen molar-refractivity contribution in [1.82, 2.24) is 4.31 Å². The number of carbonyl (C=O) groups is 2. The van der Waals surface area contributed by atoms with E-state index >= 15 is 0 Å². The molecule has 0 aliphatic rings. The lowest BCUT2D eigenvalue weighted by atomic mass is 10.2. The zero-order chi connectivity index (χ0) is 20.2. The zero-order valence-electron chi connectivity index (χ0n) is 15.0. The van der Waals surface area contributed by atoms with Gasteiger partial charge in [0.05, 0.1) is 15.5 Å². The van der Waals surface area contributed by atoms with E-state index in [0.29, 0.717) is 0 Å². The number of ether oxygens (including phenoxy) is 1. The molecule has 1 N–H and O–H groups in total. The van der Waals surface area contributed by atoms with Crippen LogP contribution >= 0.6 is 11.6 Å². The molecule has 0 heterocycles. The first-order chi connectivity index (χ1) is 12.6. The molecule has 0 radical (unpaired) electrons.